The van der Waals surface area contributed by atoms with E-state index in [1.165, 1.54) is 12.0 Å². The molecule has 2 rings (SSSR count). The SMILES string of the molecule is CC(NC1CCCC1(C)CO)c1ccc(OCCN(C)C)cc1. The third kappa shape index (κ3) is 4.93. The van der Waals surface area contributed by atoms with Gasteiger partial charge >= 0.3 is 0 Å². The summed E-state index contributed by atoms with van der Waals surface area (Å²) in [6.07, 6.45) is 3.44. The molecule has 0 aromatic heterocycles. The lowest BCUT2D eigenvalue weighted by Crippen LogP contribution is -2.42. The third-order valence-corrected chi connectivity index (χ3v) is 5.08. The average molecular weight is 320 g/mol. The van der Waals surface area contributed by atoms with Crippen molar-refractivity contribution in [2.75, 3.05) is 33.9 Å². The molecule has 0 saturated heterocycles. The Morgan fingerprint density at radius 3 is 2.65 bits per heavy atom. The minimum Gasteiger partial charge on any atom is -0.492 e. The predicted molar refractivity (Wildman–Crippen MR) is 94.9 cm³/mol. The van der Waals surface area contributed by atoms with Crippen LogP contribution in [-0.4, -0.2) is 49.9 Å². The monoisotopic (exact) mass is 320 g/mol. The molecule has 1 saturated carbocycles. The molecule has 0 heterocycles. The third-order valence-electron chi connectivity index (χ3n) is 5.08. The van der Waals surface area contributed by atoms with Crippen molar-refractivity contribution in [3.63, 3.8) is 0 Å². The van der Waals surface area contributed by atoms with E-state index >= 15 is 0 Å². The summed E-state index contributed by atoms with van der Waals surface area (Å²) in [7, 11) is 4.09. The Bertz CT molecular complexity index is 475. The Labute approximate surface area is 140 Å². The number of likely N-dealkylation sites (N-methyl/N-ethyl adjacent to an activating group) is 1. The van der Waals surface area contributed by atoms with E-state index < -0.39 is 0 Å². The van der Waals surface area contributed by atoms with Crippen LogP contribution in [0.4, 0.5) is 0 Å². The van der Waals surface area contributed by atoms with E-state index in [1.807, 2.05) is 26.2 Å². The van der Waals surface area contributed by atoms with Gasteiger partial charge in [0, 0.05) is 30.7 Å². The summed E-state index contributed by atoms with van der Waals surface area (Å²) in [5.74, 6) is 0.920. The molecule has 0 radical (unpaired) electrons. The number of nitrogens with zero attached hydrogens (tertiary/aromatic N) is 1. The molecule has 2 N–H and O–H groups in total. The number of rotatable bonds is 8. The maximum atomic E-state index is 9.68. The van der Waals surface area contributed by atoms with Crippen LogP contribution >= 0.6 is 0 Å². The number of aliphatic hydroxyl groups excluding tert-OH is 1. The smallest absolute Gasteiger partial charge is 0.119 e. The van der Waals surface area contributed by atoms with Crippen molar-refractivity contribution in [2.24, 2.45) is 5.41 Å². The summed E-state index contributed by atoms with van der Waals surface area (Å²) < 4.78 is 5.74. The molecule has 130 valence electrons. The fraction of sp³-hybridized carbons (Fsp3) is 0.684. The van der Waals surface area contributed by atoms with Crippen LogP contribution in [0.3, 0.4) is 0 Å². The summed E-state index contributed by atoms with van der Waals surface area (Å²) in [5, 5.41) is 13.4. The van der Waals surface area contributed by atoms with Gasteiger partial charge in [-0.25, -0.2) is 0 Å². The Kier molecular flexibility index (Phi) is 6.45. The van der Waals surface area contributed by atoms with Gasteiger partial charge in [-0.15, -0.1) is 0 Å². The molecule has 0 spiro atoms. The highest BCUT2D eigenvalue weighted by Crippen LogP contribution is 2.38. The summed E-state index contributed by atoms with van der Waals surface area (Å²) in [5.41, 5.74) is 1.28. The van der Waals surface area contributed by atoms with Crippen molar-refractivity contribution >= 4 is 0 Å². The zero-order chi connectivity index (χ0) is 16.9. The molecule has 0 aliphatic heterocycles. The van der Waals surface area contributed by atoms with Gasteiger partial charge in [-0.1, -0.05) is 25.5 Å². The molecular weight excluding hydrogens is 288 g/mol. The second-order valence-electron chi connectivity index (χ2n) is 7.37. The molecule has 3 unspecified atom stereocenters. The van der Waals surface area contributed by atoms with Crippen molar-refractivity contribution in [1.29, 1.82) is 0 Å². The van der Waals surface area contributed by atoms with Gasteiger partial charge < -0.3 is 20.1 Å². The first kappa shape index (κ1) is 18.2. The summed E-state index contributed by atoms with van der Waals surface area (Å²) in [6, 6.07) is 9.02. The normalized spacial score (nSPS) is 25.7. The Morgan fingerprint density at radius 1 is 1.35 bits per heavy atom. The van der Waals surface area contributed by atoms with Crippen LogP contribution in [0.15, 0.2) is 24.3 Å². The zero-order valence-corrected chi connectivity index (χ0v) is 15.0. The van der Waals surface area contributed by atoms with Gasteiger partial charge in [0.1, 0.15) is 12.4 Å². The average Bonchev–Trinajstić information content (AvgIpc) is 2.89. The van der Waals surface area contributed by atoms with Crippen LogP contribution in [0, 0.1) is 5.41 Å². The first-order chi connectivity index (χ1) is 10.9. The first-order valence-electron chi connectivity index (χ1n) is 8.69. The van der Waals surface area contributed by atoms with Gasteiger partial charge in [-0.2, -0.15) is 0 Å². The molecule has 0 bridgehead atoms. The lowest BCUT2D eigenvalue weighted by Gasteiger charge is -2.32. The van der Waals surface area contributed by atoms with Gasteiger partial charge in [0.15, 0.2) is 0 Å². The zero-order valence-electron chi connectivity index (χ0n) is 15.0. The summed E-state index contributed by atoms with van der Waals surface area (Å²) in [4.78, 5) is 2.11. The van der Waals surface area contributed by atoms with Crippen LogP contribution in [0.25, 0.3) is 0 Å². The minimum absolute atomic E-state index is 0.0174. The lowest BCUT2D eigenvalue weighted by atomic mass is 9.85. The number of ether oxygens (including phenoxy) is 1. The van der Waals surface area contributed by atoms with Gasteiger partial charge in [0.05, 0.1) is 0 Å². The molecule has 4 nitrogen and oxygen atoms in total. The second-order valence-corrected chi connectivity index (χ2v) is 7.37. The number of hydrogen-bond donors (Lipinski definition) is 2. The molecule has 3 atom stereocenters. The molecule has 1 aliphatic rings. The first-order valence-corrected chi connectivity index (χ1v) is 8.69. The van der Waals surface area contributed by atoms with Crippen LogP contribution in [-0.2, 0) is 0 Å². The van der Waals surface area contributed by atoms with Gasteiger partial charge in [0.25, 0.3) is 0 Å². The number of benzene rings is 1. The molecule has 1 aromatic carbocycles. The number of nitrogens with one attached hydrogen (secondary N) is 1. The van der Waals surface area contributed by atoms with Crippen molar-refractivity contribution in [1.82, 2.24) is 10.2 Å². The summed E-state index contributed by atoms with van der Waals surface area (Å²) >= 11 is 0. The molecular formula is C19H32N2O2. The van der Waals surface area contributed by atoms with Crippen LogP contribution in [0.5, 0.6) is 5.75 Å². The quantitative estimate of drug-likeness (QED) is 0.773. The maximum Gasteiger partial charge on any atom is 0.119 e. The number of aliphatic hydroxyl groups is 1. The highest BCUT2D eigenvalue weighted by Gasteiger charge is 2.38. The van der Waals surface area contributed by atoms with Gasteiger partial charge in [-0.05, 0) is 51.6 Å². The molecule has 23 heavy (non-hydrogen) atoms. The highest BCUT2D eigenvalue weighted by atomic mass is 16.5. The van der Waals surface area contributed by atoms with Crippen molar-refractivity contribution in [3.8, 4) is 5.75 Å². The fourth-order valence-corrected chi connectivity index (χ4v) is 3.30. The molecule has 0 amide bonds. The molecule has 1 aliphatic carbocycles. The van der Waals surface area contributed by atoms with Crippen molar-refractivity contribution in [3.05, 3.63) is 29.8 Å². The maximum absolute atomic E-state index is 9.68. The van der Waals surface area contributed by atoms with Crippen molar-refractivity contribution in [2.45, 2.75) is 45.2 Å². The molecule has 1 fully saturated rings. The summed E-state index contributed by atoms with van der Waals surface area (Å²) in [6.45, 7) is 6.26. The standard InChI is InChI=1S/C19H32N2O2/c1-15(20-18-6-5-11-19(18,2)14-22)16-7-9-17(10-8-16)23-13-12-21(3)4/h7-10,15,18,20,22H,5-6,11-14H2,1-4H3. The van der Waals surface area contributed by atoms with E-state index in [9.17, 15) is 5.11 Å². The van der Waals surface area contributed by atoms with Crippen molar-refractivity contribution < 1.29 is 9.84 Å². The van der Waals surface area contributed by atoms with Gasteiger partial charge in [0.2, 0.25) is 0 Å². The number of hydrogen-bond acceptors (Lipinski definition) is 4. The molecule has 1 aromatic rings. The largest absolute Gasteiger partial charge is 0.492 e. The van der Waals surface area contributed by atoms with E-state index in [0.29, 0.717) is 12.6 Å². The highest BCUT2D eigenvalue weighted by molar-refractivity contribution is 5.29. The topological polar surface area (TPSA) is 44.7 Å². The van der Waals surface area contributed by atoms with E-state index in [2.05, 4.69) is 36.2 Å². The van der Waals surface area contributed by atoms with E-state index in [0.717, 1.165) is 25.1 Å². The second kappa shape index (κ2) is 8.13. The van der Waals surface area contributed by atoms with E-state index in [4.69, 9.17) is 4.74 Å². The lowest BCUT2D eigenvalue weighted by molar-refractivity contribution is 0.114. The minimum atomic E-state index is 0.0174. The van der Waals surface area contributed by atoms with E-state index in [1.54, 1.807) is 0 Å². The molecule has 4 heteroatoms. The predicted octanol–water partition coefficient (Wildman–Crippen LogP) is 2.83. The van der Waals surface area contributed by atoms with Crippen LogP contribution in [0.1, 0.15) is 44.7 Å². The Morgan fingerprint density at radius 2 is 2.04 bits per heavy atom. The van der Waals surface area contributed by atoms with Crippen LogP contribution in [0.2, 0.25) is 0 Å². The van der Waals surface area contributed by atoms with E-state index in [-0.39, 0.29) is 18.1 Å². The Balaban J connectivity index is 1.88. The van der Waals surface area contributed by atoms with Crippen LogP contribution < -0.4 is 10.1 Å². The van der Waals surface area contributed by atoms with Gasteiger partial charge in [-0.3, -0.25) is 0 Å². The Hall–Kier alpha value is -1.10. The fourth-order valence-electron chi connectivity index (χ4n) is 3.30.